The molecule has 25 heavy (non-hydrogen) atoms. The smallest absolute Gasteiger partial charge is 0.196 e. The molecule has 0 aliphatic rings. The average molecular weight is 344 g/mol. The highest BCUT2D eigenvalue weighted by molar-refractivity contribution is 5.63. The van der Waals surface area contributed by atoms with Gasteiger partial charge in [-0.2, -0.15) is 0 Å². The van der Waals surface area contributed by atoms with E-state index >= 15 is 0 Å². The van der Waals surface area contributed by atoms with Crippen molar-refractivity contribution in [3.63, 3.8) is 0 Å². The summed E-state index contributed by atoms with van der Waals surface area (Å²) < 4.78 is 40.2. The van der Waals surface area contributed by atoms with E-state index in [1.54, 1.807) is 13.0 Å². The molecule has 0 aliphatic carbocycles. The predicted molar refractivity (Wildman–Crippen MR) is 90.8 cm³/mol. The summed E-state index contributed by atoms with van der Waals surface area (Å²) in [4.78, 5) is 8.40. The second-order valence-corrected chi connectivity index (χ2v) is 5.53. The number of halogens is 3. The van der Waals surface area contributed by atoms with Crippen molar-refractivity contribution in [3.8, 4) is 0 Å². The van der Waals surface area contributed by atoms with Gasteiger partial charge in [-0.15, -0.1) is 0 Å². The molecule has 0 bridgehead atoms. The summed E-state index contributed by atoms with van der Waals surface area (Å²) in [5.41, 5.74) is 1.71. The number of rotatable bonds is 4. The summed E-state index contributed by atoms with van der Waals surface area (Å²) in [7, 11) is 0. The monoisotopic (exact) mass is 344 g/mol. The van der Waals surface area contributed by atoms with Crippen LogP contribution < -0.4 is 10.6 Å². The third-order valence-electron chi connectivity index (χ3n) is 3.43. The summed E-state index contributed by atoms with van der Waals surface area (Å²) in [6.07, 6.45) is 0. The lowest BCUT2D eigenvalue weighted by atomic mass is 10.2. The van der Waals surface area contributed by atoms with Crippen LogP contribution >= 0.6 is 0 Å². The maximum atomic E-state index is 13.8. The zero-order chi connectivity index (χ0) is 18.0. The van der Waals surface area contributed by atoms with E-state index in [1.165, 1.54) is 0 Å². The molecule has 128 valence electrons. The van der Waals surface area contributed by atoms with E-state index in [4.69, 9.17) is 0 Å². The Morgan fingerprint density at radius 3 is 2.24 bits per heavy atom. The topological polar surface area (TPSA) is 49.8 Å². The molecule has 0 radical (unpaired) electrons. The summed E-state index contributed by atoms with van der Waals surface area (Å²) in [6, 6.07) is 11.2. The average Bonchev–Trinajstić information content (AvgIpc) is 2.55. The molecule has 0 saturated carbocycles. The minimum atomic E-state index is -1.53. The van der Waals surface area contributed by atoms with Gasteiger partial charge in [0.1, 0.15) is 17.5 Å². The highest BCUT2D eigenvalue weighted by Gasteiger charge is 2.14. The molecule has 0 amide bonds. The Hall–Kier alpha value is -3.09. The van der Waals surface area contributed by atoms with Gasteiger partial charge in [-0.3, -0.25) is 0 Å². The second-order valence-electron chi connectivity index (χ2n) is 5.53. The van der Waals surface area contributed by atoms with Crippen molar-refractivity contribution in [3.05, 3.63) is 71.3 Å². The van der Waals surface area contributed by atoms with Gasteiger partial charge in [-0.05, 0) is 43.7 Å². The number of aryl methyl sites for hydroxylation is 2. The molecular weight excluding hydrogens is 329 g/mol. The quantitative estimate of drug-likeness (QED) is 0.654. The van der Waals surface area contributed by atoms with Crippen LogP contribution in [-0.2, 0) is 0 Å². The number of nitrogens with zero attached hydrogens (tertiary/aromatic N) is 2. The van der Waals surface area contributed by atoms with Crippen molar-refractivity contribution < 1.29 is 13.2 Å². The molecule has 2 N–H and O–H groups in total. The Morgan fingerprint density at radius 1 is 0.800 bits per heavy atom. The molecule has 0 unspecified atom stereocenters. The number of aromatic nitrogens is 2. The molecule has 3 rings (SSSR count). The molecule has 0 saturated heterocycles. The van der Waals surface area contributed by atoms with Crippen LogP contribution in [0.5, 0.6) is 0 Å². The van der Waals surface area contributed by atoms with Crippen LogP contribution in [0.15, 0.2) is 42.5 Å². The van der Waals surface area contributed by atoms with Crippen LogP contribution in [0.3, 0.4) is 0 Å². The van der Waals surface area contributed by atoms with Crippen molar-refractivity contribution in [2.75, 3.05) is 10.6 Å². The van der Waals surface area contributed by atoms with E-state index in [-0.39, 0.29) is 11.5 Å². The standard InChI is InChI=1S/C18H15F3N4/c1-10-4-3-5-12(8-10)24-15-9-16(23-11(2)22-15)25-14-7-6-13(19)17(20)18(14)21/h3-9H,1-2H3,(H2,22,23,24,25). The van der Waals surface area contributed by atoms with E-state index in [0.717, 1.165) is 23.4 Å². The van der Waals surface area contributed by atoms with Crippen LogP contribution in [0.4, 0.5) is 36.2 Å². The summed E-state index contributed by atoms with van der Waals surface area (Å²) >= 11 is 0. The van der Waals surface area contributed by atoms with Crippen LogP contribution in [-0.4, -0.2) is 9.97 Å². The zero-order valence-electron chi connectivity index (χ0n) is 13.6. The fourth-order valence-corrected chi connectivity index (χ4v) is 2.33. The van der Waals surface area contributed by atoms with Crippen molar-refractivity contribution in [1.29, 1.82) is 0 Å². The van der Waals surface area contributed by atoms with Gasteiger partial charge in [0.2, 0.25) is 0 Å². The summed E-state index contributed by atoms with van der Waals surface area (Å²) in [5, 5.41) is 5.77. The first-order chi connectivity index (χ1) is 11.9. The van der Waals surface area contributed by atoms with Crippen LogP contribution in [0, 0.1) is 31.3 Å². The Balaban J connectivity index is 1.88. The van der Waals surface area contributed by atoms with Gasteiger partial charge in [0.25, 0.3) is 0 Å². The number of benzene rings is 2. The second kappa shape index (κ2) is 6.80. The maximum Gasteiger partial charge on any atom is 0.196 e. The fraction of sp³-hybridized carbons (Fsp3) is 0.111. The van der Waals surface area contributed by atoms with Crippen LogP contribution in [0.2, 0.25) is 0 Å². The number of nitrogens with one attached hydrogen (secondary N) is 2. The lowest BCUT2D eigenvalue weighted by Gasteiger charge is -2.11. The highest BCUT2D eigenvalue weighted by atomic mass is 19.2. The third-order valence-corrected chi connectivity index (χ3v) is 3.43. The maximum absolute atomic E-state index is 13.8. The van der Waals surface area contributed by atoms with E-state index in [9.17, 15) is 13.2 Å². The van der Waals surface area contributed by atoms with Crippen LogP contribution in [0.1, 0.15) is 11.4 Å². The highest BCUT2D eigenvalue weighted by Crippen LogP contribution is 2.24. The van der Waals surface area contributed by atoms with Crippen molar-refractivity contribution in [2.45, 2.75) is 13.8 Å². The van der Waals surface area contributed by atoms with E-state index in [1.807, 2.05) is 31.2 Å². The molecule has 2 aromatic carbocycles. The molecule has 3 aromatic rings. The normalized spacial score (nSPS) is 10.6. The molecule has 1 heterocycles. The Labute approximate surface area is 142 Å². The van der Waals surface area contributed by atoms with E-state index in [2.05, 4.69) is 20.6 Å². The van der Waals surface area contributed by atoms with Crippen molar-refractivity contribution in [2.24, 2.45) is 0 Å². The summed E-state index contributed by atoms with van der Waals surface area (Å²) in [5.74, 6) is -2.90. The zero-order valence-corrected chi connectivity index (χ0v) is 13.6. The van der Waals surface area contributed by atoms with Gasteiger partial charge >= 0.3 is 0 Å². The van der Waals surface area contributed by atoms with Gasteiger partial charge in [-0.1, -0.05) is 12.1 Å². The van der Waals surface area contributed by atoms with Gasteiger partial charge in [0.15, 0.2) is 17.5 Å². The largest absolute Gasteiger partial charge is 0.340 e. The molecule has 0 aliphatic heterocycles. The molecule has 1 aromatic heterocycles. The Morgan fingerprint density at radius 2 is 1.52 bits per heavy atom. The number of hydrogen-bond acceptors (Lipinski definition) is 4. The van der Waals surface area contributed by atoms with Crippen LogP contribution in [0.25, 0.3) is 0 Å². The number of anilines is 4. The first-order valence-corrected chi connectivity index (χ1v) is 7.52. The molecule has 0 fully saturated rings. The SMILES string of the molecule is Cc1cccc(Nc2cc(Nc3ccc(F)c(F)c3F)nc(C)n2)c1. The first kappa shape index (κ1) is 16.8. The lowest BCUT2D eigenvalue weighted by Crippen LogP contribution is -2.04. The Kier molecular flexibility index (Phi) is 4.56. The van der Waals surface area contributed by atoms with Crippen molar-refractivity contribution in [1.82, 2.24) is 9.97 Å². The fourth-order valence-electron chi connectivity index (χ4n) is 2.33. The third kappa shape index (κ3) is 3.88. The minimum Gasteiger partial charge on any atom is -0.340 e. The first-order valence-electron chi connectivity index (χ1n) is 7.52. The molecule has 4 nitrogen and oxygen atoms in total. The number of hydrogen-bond donors (Lipinski definition) is 2. The summed E-state index contributed by atoms with van der Waals surface area (Å²) in [6.45, 7) is 3.64. The van der Waals surface area contributed by atoms with Gasteiger partial charge in [0, 0.05) is 11.8 Å². The Bertz CT molecular complexity index is 928. The lowest BCUT2D eigenvalue weighted by molar-refractivity contribution is 0.449. The predicted octanol–water partition coefficient (Wildman–Crippen LogP) is 5.00. The molecule has 0 spiro atoms. The van der Waals surface area contributed by atoms with E-state index in [0.29, 0.717) is 11.6 Å². The van der Waals surface area contributed by atoms with Gasteiger partial charge < -0.3 is 10.6 Å². The molecular formula is C18H15F3N4. The van der Waals surface area contributed by atoms with E-state index < -0.39 is 17.5 Å². The van der Waals surface area contributed by atoms with Gasteiger partial charge in [0.05, 0.1) is 5.69 Å². The molecule has 0 atom stereocenters. The minimum absolute atomic E-state index is 0.210. The van der Waals surface area contributed by atoms with Gasteiger partial charge in [-0.25, -0.2) is 23.1 Å². The van der Waals surface area contributed by atoms with Crippen molar-refractivity contribution >= 4 is 23.0 Å². The molecule has 7 heteroatoms.